The van der Waals surface area contributed by atoms with Gasteiger partial charge in [-0.2, -0.15) is 0 Å². The van der Waals surface area contributed by atoms with Gasteiger partial charge in [-0.3, -0.25) is 4.79 Å². The van der Waals surface area contributed by atoms with Crippen LogP contribution in [0.4, 0.5) is 0 Å². The second kappa shape index (κ2) is 5.59. The number of amides is 1. The van der Waals surface area contributed by atoms with Crippen LogP contribution in [0.15, 0.2) is 48.5 Å². The third kappa shape index (κ3) is 2.36. The molecule has 140 valence electrons. The van der Waals surface area contributed by atoms with Gasteiger partial charge in [0.1, 0.15) is 5.75 Å². The van der Waals surface area contributed by atoms with Gasteiger partial charge in [0.05, 0.1) is 12.5 Å². The predicted molar refractivity (Wildman–Crippen MR) is 105 cm³/mol. The molecule has 1 heterocycles. The minimum absolute atomic E-state index is 0.0653. The average Bonchev–Trinajstić information content (AvgIpc) is 2.77. The summed E-state index contributed by atoms with van der Waals surface area (Å²) in [5, 5.41) is 13.5. The summed E-state index contributed by atoms with van der Waals surface area (Å²) in [6, 6.07) is 16.1. The summed E-state index contributed by atoms with van der Waals surface area (Å²) in [7, 11) is 2.17. The van der Waals surface area contributed by atoms with Crippen LogP contribution in [0.2, 0.25) is 0 Å². The van der Waals surface area contributed by atoms with E-state index in [-0.39, 0.29) is 22.8 Å². The van der Waals surface area contributed by atoms with E-state index < -0.39 is 0 Å². The van der Waals surface area contributed by atoms with Crippen molar-refractivity contribution in [1.29, 1.82) is 0 Å². The van der Waals surface area contributed by atoms with Crippen LogP contribution in [0.3, 0.4) is 0 Å². The number of fused-ring (bicyclic) bond motifs is 3. The third-order valence-corrected chi connectivity index (χ3v) is 7.16. The van der Waals surface area contributed by atoms with Crippen molar-refractivity contribution in [2.45, 2.75) is 43.7 Å². The fourth-order valence-electron chi connectivity index (χ4n) is 6.36. The highest BCUT2D eigenvalue weighted by Crippen LogP contribution is 2.63. The Hall–Kier alpha value is -2.33. The zero-order valence-electron chi connectivity index (χ0n) is 15.9. The van der Waals surface area contributed by atoms with Crippen molar-refractivity contribution >= 4 is 5.91 Å². The van der Waals surface area contributed by atoms with E-state index in [0.29, 0.717) is 18.2 Å². The molecule has 4 nitrogen and oxygen atoms in total. The number of phenolic OH excluding ortho intramolecular Hbond substituents is 1. The van der Waals surface area contributed by atoms with Crippen molar-refractivity contribution < 1.29 is 9.90 Å². The van der Waals surface area contributed by atoms with Crippen LogP contribution in [0.25, 0.3) is 0 Å². The maximum Gasteiger partial charge on any atom is 0.224 e. The molecule has 2 aromatic rings. The fraction of sp³-hybridized carbons (Fsp3) is 0.435. The molecule has 4 atom stereocenters. The molecule has 1 aliphatic heterocycles. The molecule has 1 saturated heterocycles. The van der Waals surface area contributed by atoms with Crippen LogP contribution >= 0.6 is 0 Å². The summed E-state index contributed by atoms with van der Waals surface area (Å²) in [4.78, 5) is 15.3. The lowest BCUT2D eigenvalue weighted by Gasteiger charge is -2.54. The molecule has 4 heteroatoms. The molecule has 2 aliphatic carbocycles. The zero-order valence-corrected chi connectivity index (χ0v) is 15.9. The predicted octanol–water partition coefficient (Wildman–Crippen LogP) is 2.64. The first-order valence-corrected chi connectivity index (χ1v) is 9.77. The quantitative estimate of drug-likeness (QED) is 0.883. The highest BCUT2D eigenvalue weighted by atomic mass is 16.3. The highest BCUT2D eigenvalue weighted by Gasteiger charge is 2.69. The second-order valence-corrected chi connectivity index (χ2v) is 9.04. The number of carbonyl (C=O) groups excluding carboxylic acids is 1. The Labute approximate surface area is 160 Å². The Kier molecular flexibility index (Phi) is 3.48. The Morgan fingerprint density at radius 3 is 2.78 bits per heavy atom. The largest absolute Gasteiger partial charge is 0.508 e. The average molecular weight is 362 g/mol. The Balaban J connectivity index is 1.49. The lowest BCUT2D eigenvalue weighted by Crippen LogP contribution is -2.67. The molecule has 2 N–H and O–H groups in total. The SMILES string of the molecule is CN1CC23Cc4ccc(O)cc4[C@@](C)(C2)[C@@H](NC(=O)Cc2ccccc2)C13. The van der Waals surface area contributed by atoms with E-state index in [1.54, 1.807) is 6.07 Å². The van der Waals surface area contributed by atoms with Crippen molar-refractivity contribution in [3.63, 3.8) is 0 Å². The molecule has 3 aliphatic rings. The lowest BCUT2D eigenvalue weighted by molar-refractivity contribution is -0.123. The molecular formula is C23H26N2O2. The van der Waals surface area contributed by atoms with Gasteiger partial charge in [0.2, 0.25) is 5.91 Å². The second-order valence-electron chi connectivity index (χ2n) is 9.04. The summed E-state index contributed by atoms with van der Waals surface area (Å²) < 4.78 is 0. The van der Waals surface area contributed by atoms with E-state index >= 15 is 0 Å². The van der Waals surface area contributed by atoms with Crippen molar-refractivity contribution in [1.82, 2.24) is 10.2 Å². The van der Waals surface area contributed by atoms with Gasteiger partial charge in [0, 0.05) is 23.4 Å². The number of nitrogens with one attached hydrogen (secondary N) is 1. The van der Waals surface area contributed by atoms with Crippen LogP contribution in [-0.2, 0) is 23.1 Å². The Bertz CT molecular complexity index is 912. The zero-order chi connectivity index (χ0) is 18.8. The number of likely N-dealkylation sites (N-methyl/N-ethyl adjacent to an activating group) is 1. The Morgan fingerprint density at radius 1 is 1.26 bits per heavy atom. The molecule has 1 saturated carbocycles. The third-order valence-electron chi connectivity index (χ3n) is 7.16. The number of rotatable bonds is 3. The first-order valence-electron chi connectivity index (χ1n) is 9.77. The van der Waals surface area contributed by atoms with E-state index in [1.165, 1.54) is 11.1 Å². The van der Waals surface area contributed by atoms with Crippen molar-refractivity contribution in [3.8, 4) is 5.75 Å². The van der Waals surface area contributed by atoms with E-state index in [9.17, 15) is 9.90 Å². The van der Waals surface area contributed by atoms with Crippen LogP contribution in [0.1, 0.15) is 30.0 Å². The lowest BCUT2D eigenvalue weighted by atomic mass is 9.63. The van der Waals surface area contributed by atoms with E-state index in [2.05, 4.69) is 30.3 Å². The normalized spacial score (nSPS) is 33.7. The molecular weight excluding hydrogens is 336 g/mol. The molecule has 1 amide bonds. The van der Waals surface area contributed by atoms with Crippen molar-refractivity contribution in [3.05, 3.63) is 65.2 Å². The molecule has 2 fully saturated rings. The van der Waals surface area contributed by atoms with E-state index in [0.717, 1.165) is 24.9 Å². The summed E-state index contributed by atoms with van der Waals surface area (Å²) in [6.07, 6.45) is 2.52. The van der Waals surface area contributed by atoms with Crippen LogP contribution in [0.5, 0.6) is 5.75 Å². The molecule has 2 unspecified atom stereocenters. The molecule has 0 aromatic heterocycles. The molecule has 2 aromatic carbocycles. The molecule has 0 radical (unpaired) electrons. The molecule has 5 rings (SSSR count). The van der Waals surface area contributed by atoms with Crippen LogP contribution in [-0.4, -0.2) is 41.6 Å². The summed E-state index contributed by atoms with van der Waals surface area (Å²) in [5.74, 6) is 0.394. The maximum atomic E-state index is 12.9. The highest BCUT2D eigenvalue weighted by molar-refractivity contribution is 5.79. The minimum atomic E-state index is -0.145. The number of hydrogen-bond acceptors (Lipinski definition) is 3. The number of carbonyl (C=O) groups is 1. The maximum absolute atomic E-state index is 12.9. The smallest absolute Gasteiger partial charge is 0.224 e. The minimum Gasteiger partial charge on any atom is -0.508 e. The van der Waals surface area contributed by atoms with Gasteiger partial charge >= 0.3 is 0 Å². The fourth-order valence-corrected chi connectivity index (χ4v) is 6.36. The molecule has 2 bridgehead atoms. The van der Waals surface area contributed by atoms with Gasteiger partial charge in [-0.05, 0) is 48.7 Å². The molecule has 27 heavy (non-hydrogen) atoms. The van der Waals surface area contributed by atoms with Gasteiger partial charge in [0.15, 0.2) is 0 Å². The van der Waals surface area contributed by atoms with E-state index in [4.69, 9.17) is 0 Å². The van der Waals surface area contributed by atoms with Crippen LogP contribution in [0, 0.1) is 5.41 Å². The number of benzene rings is 2. The van der Waals surface area contributed by atoms with Gasteiger partial charge in [0.25, 0.3) is 0 Å². The van der Waals surface area contributed by atoms with Gasteiger partial charge < -0.3 is 15.3 Å². The number of hydrogen-bond donors (Lipinski definition) is 2. The number of nitrogens with zero attached hydrogens (tertiary/aromatic N) is 1. The summed E-state index contributed by atoms with van der Waals surface area (Å²) in [5.41, 5.74) is 3.68. The number of phenols is 1. The number of likely N-dealkylation sites (tertiary alicyclic amines) is 1. The van der Waals surface area contributed by atoms with Gasteiger partial charge in [-0.25, -0.2) is 0 Å². The molecule has 1 spiro atoms. The standard InChI is InChI=1S/C23H26N2O2/c1-22-13-23(12-16-8-9-17(26)11-18(16)22)14-25(2)21(23)20(22)24-19(27)10-15-6-4-3-5-7-15/h3-9,11,20-21,26H,10,12-14H2,1-2H3,(H,24,27)/t20-,21?,22+,23?/m0/s1. The van der Waals surface area contributed by atoms with E-state index in [1.807, 2.05) is 36.4 Å². The first-order chi connectivity index (χ1) is 12.9. The van der Waals surface area contributed by atoms with Gasteiger partial charge in [-0.1, -0.05) is 43.3 Å². The summed E-state index contributed by atoms with van der Waals surface area (Å²) in [6.45, 7) is 3.35. The Morgan fingerprint density at radius 2 is 2.04 bits per heavy atom. The van der Waals surface area contributed by atoms with Crippen molar-refractivity contribution in [2.24, 2.45) is 5.41 Å². The van der Waals surface area contributed by atoms with Crippen LogP contribution < -0.4 is 5.32 Å². The topological polar surface area (TPSA) is 52.6 Å². The summed E-state index contributed by atoms with van der Waals surface area (Å²) >= 11 is 0. The van der Waals surface area contributed by atoms with Gasteiger partial charge in [-0.15, -0.1) is 0 Å². The number of aromatic hydroxyl groups is 1. The monoisotopic (exact) mass is 362 g/mol. The van der Waals surface area contributed by atoms with Crippen molar-refractivity contribution in [2.75, 3.05) is 13.6 Å². The first kappa shape index (κ1) is 16.8.